The van der Waals surface area contributed by atoms with Crippen LogP contribution in [0.5, 0.6) is 0 Å². The van der Waals surface area contributed by atoms with E-state index in [1.54, 1.807) is 23.0 Å². The highest BCUT2D eigenvalue weighted by molar-refractivity contribution is 7.89. The van der Waals surface area contributed by atoms with E-state index < -0.39 is 10.0 Å². The molecule has 0 spiro atoms. The zero-order valence-corrected chi connectivity index (χ0v) is 18.5. The molecule has 0 fully saturated rings. The Morgan fingerprint density at radius 2 is 1.72 bits per heavy atom. The van der Waals surface area contributed by atoms with Crippen LogP contribution in [0.1, 0.15) is 5.56 Å². The maximum Gasteiger partial charge on any atom is 0.238 e. The van der Waals surface area contributed by atoms with Crippen molar-refractivity contribution < 1.29 is 8.42 Å². The Kier molecular flexibility index (Phi) is 6.67. The van der Waals surface area contributed by atoms with Gasteiger partial charge in [0.25, 0.3) is 0 Å². The van der Waals surface area contributed by atoms with Crippen molar-refractivity contribution in [1.29, 1.82) is 0 Å². The van der Waals surface area contributed by atoms with Crippen molar-refractivity contribution in [2.45, 2.75) is 11.4 Å². The number of aromatic nitrogens is 2. The van der Waals surface area contributed by atoms with Crippen LogP contribution in [0.15, 0.2) is 53.6 Å². The number of hydrogen-bond acceptors (Lipinski definition) is 4. The standard InChI is InChI=1S/C17H14Cl3N5O2S2/c18-13-6-1-10(7-14(13)19)8-25-9-15(20)16(24-25)23-17(28)22-11-2-4-12(5-3-11)29(21,26)27/h1-7,9H,8H2,(H2,21,26,27)(H2,22,23,24,28). The number of thiocarbonyl (C=S) groups is 1. The number of nitrogens with one attached hydrogen (secondary N) is 2. The van der Waals surface area contributed by atoms with Crippen LogP contribution >= 0.6 is 47.0 Å². The zero-order chi connectivity index (χ0) is 21.2. The highest BCUT2D eigenvalue weighted by atomic mass is 35.5. The lowest BCUT2D eigenvalue weighted by Crippen LogP contribution is -2.20. The Hall–Kier alpha value is -1.88. The van der Waals surface area contributed by atoms with Crippen LogP contribution < -0.4 is 15.8 Å². The minimum atomic E-state index is -3.75. The highest BCUT2D eigenvalue weighted by Crippen LogP contribution is 2.24. The average Bonchev–Trinajstić information content (AvgIpc) is 2.96. The van der Waals surface area contributed by atoms with Crippen LogP contribution in [-0.4, -0.2) is 23.3 Å². The second kappa shape index (κ2) is 8.86. The molecule has 0 amide bonds. The van der Waals surface area contributed by atoms with Gasteiger partial charge in [-0.3, -0.25) is 4.68 Å². The van der Waals surface area contributed by atoms with Gasteiger partial charge in [0.2, 0.25) is 10.0 Å². The molecule has 1 aromatic heterocycles. The van der Waals surface area contributed by atoms with Crippen molar-refractivity contribution >= 4 is 73.7 Å². The predicted octanol–water partition coefficient (Wildman–Crippen LogP) is 4.35. The number of nitrogens with two attached hydrogens (primary N) is 1. The van der Waals surface area contributed by atoms with E-state index in [2.05, 4.69) is 15.7 Å². The normalized spacial score (nSPS) is 11.3. The Balaban J connectivity index is 1.65. The van der Waals surface area contributed by atoms with Crippen molar-refractivity contribution in [3.05, 3.63) is 69.3 Å². The van der Waals surface area contributed by atoms with Crippen LogP contribution in [0.4, 0.5) is 11.5 Å². The van der Waals surface area contributed by atoms with E-state index in [0.29, 0.717) is 33.1 Å². The lowest BCUT2D eigenvalue weighted by Gasteiger charge is -2.09. The van der Waals surface area contributed by atoms with Gasteiger partial charge < -0.3 is 10.6 Å². The van der Waals surface area contributed by atoms with E-state index in [9.17, 15) is 8.42 Å². The fourth-order valence-corrected chi connectivity index (χ4v) is 3.63. The van der Waals surface area contributed by atoms with Gasteiger partial charge in [0, 0.05) is 11.9 Å². The number of nitrogens with zero attached hydrogens (tertiary/aromatic N) is 2. The molecule has 0 saturated carbocycles. The Morgan fingerprint density at radius 3 is 2.34 bits per heavy atom. The summed E-state index contributed by atoms with van der Waals surface area (Å²) in [7, 11) is -3.75. The predicted molar refractivity (Wildman–Crippen MR) is 120 cm³/mol. The molecule has 12 heteroatoms. The molecular formula is C17H14Cl3N5O2S2. The van der Waals surface area contributed by atoms with Crippen LogP contribution in [0.25, 0.3) is 0 Å². The second-order valence-corrected chi connectivity index (χ2v) is 9.11. The number of hydrogen-bond donors (Lipinski definition) is 3. The fourth-order valence-electron chi connectivity index (χ4n) is 2.39. The van der Waals surface area contributed by atoms with Crippen LogP contribution in [0.2, 0.25) is 15.1 Å². The minimum Gasteiger partial charge on any atom is -0.332 e. The Bertz CT molecular complexity index is 1160. The summed E-state index contributed by atoms with van der Waals surface area (Å²) >= 11 is 23.4. The molecule has 3 rings (SSSR count). The summed E-state index contributed by atoms with van der Waals surface area (Å²) in [6.45, 7) is 0.438. The molecule has 0 saturated heterocycles. The van der Waals surface area contributed by atoms with Crippen LogP contribution in [0, 0.1) is 0 Å². The smallest absolute Gasteiger partial charge is 0.238 e. The summed E-state index contributed by atoms with van der Waals surface area (Å²) in [6.07, 6.45) is 1.65. The molecule has 3 aromatic rings. The van der Waals surface area contributed by atoms with Gasteiger partial charge in [0.05, 0.1) is 21.5 Å². The van der Waals surface area contributed by atoms with E-state index in [1.807, 2.05) is 6.07 Å². The molecule has 0 aliphatic carbocycles. The van der Waals surface area contributed by atoms with Crippen molar-refractivity contribution in [2.24, 2.45) is 5.14 Å². The number of benzene rings is 2. The molecule has 0 atom stereocenters. The summed E-state index contributed by atoms with van der Waals surface area (Å²) in [4.78, 5) is 0.00557. The van der Waals surface area contributed by atoms with Gasteiger partial charge in [-0.1, -0.05) is 40.9 Å². The lowest BCUT2D eigenvalue weighted by molar-refractivity contribution is 0.598. The Labute approximate surface area is 187 Å². The maximum atomic E-state index is 11.3. The summed E-state index contributed by atoms with van der Waals surface area (Å²) in [5.41, 5.74) is 1.47. The SMILES string of the molecule is NS(=O)(=O)c1ccc(NC(=S)Nc2nn(Cc3ccc(Cl)c(Cl)c3)cc2Cl)cc1. The molecule has 0 aliphatic rings. The lowest BCUT2D eigenvalue weighted by atomic mass is 10.2. The number of sulfonamides is 1. The van der Waals surface area contributed by atoms with Crippen LogP contribution in [-0.2, 0) is 16.6 Å². The third-order valence-electron chi connectivity index (χ3n) is 3.72. The number of primary sulfonamides is 1. The largest absolute Gasteiger partial charge is 0.332 e. The van der Waals surface area contributed by atoms with E-state index in [0.717, 1.165) is 5.56 Å². The van der Waals surface area contributed by atoms with E-state index >= 15 is 0 Å². The van der Waals surface area contributed by atoms with Crippen molar-refractivity contribution in [2.75, 3.05) is 10.6 Å². The molecule has 0 unspecified atom stereocenters. The number of halogens is 3. The van der Waals surface area contributed by atoms with E-state index in [1.165, 1.54) is 24.3 Å². The molecule has 7 nitrogen and oxygen atoms in total. The van der Waals surface area contributed by atoms with Gasteiger partial charge >= 0.3 is 0 Å². The fraction of sp³-hybridized carbons (Fsp3) is 0.0588. The number of anilines is 2. The summed E-state index contributed by atoms with van der Waals surface area (Å²) in [5.74, 6) is 0.366. The van der Waals surface area contributed by atoms with Crippen molar-refractivity contribution in [3.63, 3.8) is 0 Å². The molecule has 2 aromatic carbocycles. The van der Waals surface area contributed by atoms with Gasteiger partial charge in [0.15, 0.2) is 10.9 Å². The molecule has 1 heterocycles. The first kappa shape index (κ1) is 21.8. The third kappa shape index (κ3) is 5.81. The van der Waals surface area contributed by atoms with Crippen molar-refractivity contribution in [3.8, 4) is 0 Å². The van der Waals surface area contributed by atoms with Gasteiger partial charge in [-0.2, -0.15) is 5.10 Å². The summed E-state index contributed by atoms with van der Waals surface area (Å²) < 4.78 is 24.2. The van der Waals surface area contributed by atoms with Gasteiger partial charge in [-0.05, 0) is 54.2 Å². The molecule has 0 aliphatic heterocycles. The number of rotatable bonds is 5. The third-order valence-corrected chi connectivity index (χ3v) is 5.87. The Morgan fingerprint density at radius 1 is 1.03 bits per heavy atom. The zero-order valence-electron chi connectivity index (χ0n) is 14.6. The molecule has 29 heavy (non-hydrogen) atoms. The van der Waals surface area contributed by atoms with E-state index in [4.69, 9.17) is 52.2 Å². The second-order valence-electron chi connectivity index (χ2n) is 5.92. The van der Waals surface area contributed by atoms with Gasteiger partial charge in [0.1, 0.15) is 5.02 Å². The monoisotopic (exact) mass is 489 g/mol. The summed E-state index contributed by atoms with van der Waals surface area (Å²) in [6, 6.07) is 11.1. The first-order valence-corrected chi connectivity index (χ1v) is 11.1. The van der Waals surface area contributed by atoms with Crippen LogP contribution in [0.3, 0.4) is 0 Å². The first-order valence-electron chi connectivity index (χ1n) is 7.99. The van der Waals surface area contributed by atoms with Crippen molar-refractivity contribution in [1.82, 2.24) is 9.78 Å². The van der Waals surface area contributed by atoms with Gasteiger partial charge in [-0.15, -0.1) is 0 Å². The molecule has 0 radical (unpaired) electrons. The molecule has 152 valence electrons. The highest BCUT2D eigenvalue weighted by Gasteiger charge is 2.11. The minimum absolute atomic E-state index is 0.00557. The molecule has 0 bridgehead atoms. The first-order chi connectivity index (χ1) is 13.6. The average molecular weight is 491 g/mol. The van der Waals surface area contributed by atoms with Gasteiger partial charge in [-0.25, -0.2) is 13.6 Å². The van der Waals surface area contributed by atoms with E-state index in [-0.39, 0.29) is 10.0 Å². The maximum absolute atomic E-state index is 11.3. The summed E-state index contributed by atoms with van der Waals surface area (Å²) in [5, 5.41) is 16.8. The molecule has 4 N–H and O–H groups in total. The quantitative estimate of drug-likeness (QED) is 0.460. The topological polar surface area (TPSA) is 102 Å². The molecular weight excluding hydrogens is 477 g/mol.